The zero-order chi connectivity index (χ0) is 10.6. The van der Waals surface area contributed by atoms with Crippen LogP contribution >= 0.6 is 0 Å². The molecule has 2 nitrogen and oxygen atoms in total. The Morgan fingerprint density at radius 2 is 1.27 bits per heavy atom. The third-order valence-electron chi connectivity index (χ3n) is 2.48. The van der Waals surface area contributed by atoms with Crippen LogP contribution in [0.2, 0.25) is 0 Å². The van der Waals surface area contributed by atoms with Crippen molar-refractivity contribution >= 4 is 33.3 Å². The quantitative estimate of drug-likeness (QED) is 0.413. The number of hydrogen-bond acceptors (Lipinski definition) is 2. The first-order chi connectivity index (χ1) is 6.77. The van der Waals surface area contributed by atoms with E-state index in [1.807, 2.05) is 0 Å². The molecule has 3 heteroatoms. The van der Waals surface area contributed by atoms with Crippen molar-refractivity contribution in [1.82, 2.24) is 0 Å². The molecule has 0 unspecified atom stereocenters. The smallest absolute Gasteiger partial charge is 0.550 e. The van der Waals surface area contributed by atoms with Crippen molar-refractivity contribution in [3.8, 4) is 0 Å². The Morgan fingerprint density at radius 1 is 0.867 bits per heavy atom. The Balaban J connectivity index is 0. The summed E-state index contributed by atoms with van der Waals surface area (Å²) >= 11 is 0. The summed E-state index contributed by atoms with van der Waals surface area (Å²) in [6.45, 7) is 2.22. The molecule has 86 valence electrons. The van der Waals surface area contributed by atoms with E-state index in [9.17, 15) is 9.90 Å². The van der Waals surface area contributed by atoms with Gasteiger partial charge in [-0.05, 0) is 12.8 Å². The van der Waals surface area contributed by atoms with E-state index in [1.165, 1.54) is 44.9 Å². The number of carboxylic acid groups (broad SMARTS) is 1. The van der Waals surface area contributed by atoms with Gasteiger partial charge in [-0.3, -0.25) is 0 Å². The summed E-state index contributed by atoms with van der Waals surface area (Å²) in [5, 5.41) is 10.1. The molecule has 0 aliphatic carbocycles. The van der Waals surface area contributed by atoms with Crippen molar-refractivity contribution in [2.45, 2.75) is 71.1 Å². The minimum atomic E-state index is -0.909. The van der Waals surface area contributed by atoms with E-state index in [1.54, 1.807) is 0 Å². The fourth-order valence-electron chi connectivity index (χ4n) is 1.58. The average molecular weight is 407 g/mol. The van der Waals surface area contributed by atoms with E-state index in [-0.39, 0.29) is 33.7 Å². The Hall–Kier alpha value is 0.392. The molecular formula is C12H23O2Pb+. The van der Waals surface area contributed by atoms with E-state index < -0.39 is 5.97 Å². The molecule has 15 heavy (non-hydrogen) atoms. The van der Waals surface area contributed by atoms with E-state index in [0.29, 0.717) is 0 Å². The van der Waals surface area contributed by atoms with Crippen molar-refractivity contribution in [3.05, 3.63) is 0 Å². The van der Waals surface area contributed by atoms with E-state index in [2.05, 4.69) is 6.92 Å². The molecule has 0 heterocycles. The van der Waals surface area contributed by atoms with Gasteiger partial charge in [0.1, 0.15) is 0 Å². The van der Waals surface area contributed by atoms with Crippen molar-refractivity contribution in [2.24, 2.45) is 0 Å². The molecule has 2 radical (unpaired) electrons. The van der Waals surface area contributed by atoms with E-state index in [0.717, 1.165) is 12.8 Å². The van der Waals surface area contributed by atoms with Crippen LogP contribution in [0.1, 0.15) is 71.1 Å². The van der Waals surface area contributed by atoms with Crippen LogP contribution in [-0.4, -0.2) is 33.3 Å². The number of hydrogen-bond donors (Lipinski definition) is 0. The first-order valence-electron chi connectivity index (χ1n) is 5.97. The predicted molar refractivity (Wildman–Crippen MR) is 62.6 cm³/mol. The monoisotopic (exact) mass is 407 g/mol. The summed E-state index contributed by atoms with van der Waals surface area (Å²) in [4.78, 5) is 10.1. The largest absolute Gasteiger partial charge is 2.00 e. The Labute approximate surface area is 114 Å². The maximum atomic E-state index is 10.1. The fourth-order valence-corrected chi connectivity index (χ4v) is 1.58. The maximum Gasteiger partial charge on any atom is 2.00 e. The van der Waals surface area contributed by atoms with Crippen LogP contribution in [-0.2, 0) is 4.79 Å². The summed E-state index contributed by atoms with van der Waals surface area (Å²) in [5.41, 5.74) is 0. The minimum Gasteiger partial charge on any atom is -0.550 e. The number of carbonyl (C=O) groups excluding carboxylic acids is 1. The van der Waals surface area contributed by atoms with Gasteiger partial charge in [0.2, 0.25) is 0 Å². The van der Waals surface area contributed by atoms with Crippen LogP contribution in [0.3, 0.4) is 0 Å². The Morgan fingerprint density at radius 3 is 1.67 bits per heavy atom. The molecule has 0 amide bonds. The molecule has 0 bridgehead atoms. The molecule has 0 aliphatic heterocycles. The minimum absolute atomic E-state index is 0. The number of unbranched alkanes of at least 4 members (excludes halogenated alkanes) is 8. The third-order valence-corrected chi connectivity index (χ3v) is 2.48. The molecule has 0 fully saturated rings. The van der Waals surface area contributed by atoms with Gasteiger partial charge in [-0.15, -0.1) is 0 Å². The fraction of sp³-hybridized carbons (Fsp3) is 0.917. The molecule has 0 rings (SSSR count). The van der Waals surface area contributed by atoms with Crippen molar-refractivity contribution in [3.63, 3.8) is 0 Å². The summed E-state index contributed by atoms with van der Waals surface area (Å²) in [5.74, 6) is -0.909. The molecule has 0 spiro atoms. The van der Waals surface area contributed by atoms with Crippen LogP contribution in [0, 0.1) is 0 Å². The normalized spacial score (nSPS) is 9.67. The second kappa shape index (κ2) is 14.4. The van der Waals surface area contributed by atoms with Gasteiger partial charge in [0, 0.05) is 5.97 Å². The molecule has 0 saturated carbocycles. The number of carbonyl (C=O) groups is 1. The van der Waals surface area contributed by atoms with Gasteiger partial charge in [-0.2, -0.15) is 0 Å². The molecule has 0 aliphatic rings. The van der Waals surface area contributed by atoms with Crippen molar-refractivity contribution in [1.29, 1.82) is 0 Å². The number of carboxylic acids is 1. The Bertz CT molecular complexity index is 138. The van der Waals surface area contributed by atoms with Gasteiger partial charge >= 0.3 is 27.3 Å². The van der Waals surface area contributed by atoms with Crippen LogP contribution in [0.5, 0.6) is 0 Å². The van der Waals surface area contributed by atoms with Gasteiger partial charge in [0.25, 0.3) is 0 Å². The molecule has 0 aromatic heterocycles. The first-order valence-corrected chi connectivity index (χ1v) is 5.97. The van der Waals surface area contributed by atoms with Crippen LogP contribution in [0.15, 0.2) is 0 Å². The zero-order valence-electron chi connectivity index (χ0n) is 9.89. The van der Waals surface area contributed by atoms with Gasteiger partial charge in [-0.1, -0.05) is 58.3 Å². The standard InChI is InChI=1S/C12H24O2.Pb/c1-2-3-4-5-6-7-8-9-10-11-12(13)14;/h2-11H2,1H3,(H,13,14);/q;+2/p-1. The number of aliphatic carboxylic acids is 1. The van der Waals surface area contributed by atoms with Gasteiger partial charge in [0.15, 0.2) is 0 Å². The van der Waals surface area contributed by atoms with Gasteiger partial charge in [0.05, 0.1) is 0 Å². The summed E-state index contributed by atoms with van der Waals surface area (Å²) in [6.07, 6.45) is 11.2. The average Bonchev–Trinajstić information content (AvgIpc) is 2.15. The van der Waals surface area contributed by atoms with Crippen molar-refractivity contribution < 1.29 is 9.90 Å². The second-order valence-electron chi connectivity index (χ2n) is 3.95. The molecule has 0 aromatic carbocycles. The third kappa shape index (κ3) is 17.0. The predicted octanol–water partition coefficient (Wildman–Crippen LogP) is 2.28. The van der Waals surface area contributed by atoms with Gasteiger partial charge in [-0.25, -0.2) is 0 Å². The van der Waals surface area contributed by atoms with E-state index >= 15 is 0 Å². The molecule has 0 atom stereocenters. The van der Waals surface area contributed by atoms with Crippen molar-refractivity contribution in [2.75, 3.05) is 0 Å². The van der Waals surface area contributed by atoms with E-state index in [4.69, 9.17) is 0 Å². The number of rotatable bonds is 10. The second-order valence-corrected chi connectivity index (χ2v) is 3.95. The first kappa shape index (κ1) is 17.8. The van der Waals surface area contributed by atoms with Gasteiger partial charge < -0.3 is 9.90 Å². The molecular weight excluding hydrogens is 383 g/mol. The molecule has 0 N–H and O–H groups in total. The van der Waals surface area contributed by atoms with Crippen LogP contribution in [0.4, 0.5) is 0 Å². The molecule has 0 saturated heterocycles. The summed E-state index contributed by atoms with van der Waals surface area (Å²) in [7, 11) is 0. The summed E-state index contributed by atoms with van der Waals surface area (Å²) < 4.78 is 0. The zero-order valence-corrected chi connectivity index (χ0v) is 13.8. The Kier molecular flexibility index (Phi) is 17.1. The van der Waals surface area contributed by atoms with Crippen LogP contribution < -0.4 is 5.11 Å². The SMILES string of the molecule is CCCCCCCCCCCC(=O)[O-].[Pb+2]. The maximum absolute atomic E-state index is 10.1. The summed E-state index contributed by atoms with van der Waals surface area (Å²) in [6, 6.07) is 0. The topological polar surface area (TPSA) is 40.1 Å². The molecule has 0 aromatic rings. The van der Waals surface area contributed by atoms with Crippen LogP contribution in [0.25, 0.3) is 0 Å².